The summed E-state index contributed by atoms with van der Waals surface area (Å²) in [6, 6.07) is 0.651. The predicted octanol–water partition coefficient (Wildman–Crippen LogP) is -1.93. The summed E-state index contributed by atoms with van der Waals surface area (Å²) in [5, 5.41) is 35.9. The number of pyridine rings is 1. The van der Waals surface area contributed by atoms with Gasteiger partial charge in [-0.05, 0) is 19.9 Å². The van der Waals surface area contributed by atoms with Crippen molar-refractivity contribution < 1.29 is 29.6 Å². The Morgan fingerprint density at radius 1 is 1.22 bits per heavy atom. The van der Waals surface area contributed by atoms with E-state index in [1.54, 1.807) is 24.8 Å². The van der Waals surface area contributed by atoms with Gasteiger partial charge in [-0.2, -0.15) is 4.98 Å². The van der Waals surface area contributed by atoms with Crippen LogP contribution >= 0.6 is 11.8 Å². The second-order valence-electron chi connectivity index (χ2n) is 11.7. The van der Waals surface area contributed by atoms with E-state index in [2.05, 4.69) is 35.7 Å². The maximum absolute atomic E-state index is 13.3. The van der Waals surface area contributed by atoms with Crippen LogP contribution < -0.4 is 27.8 Å². The van der Waals surface area contributed by atoms with Gasteiger partial charge in [0.2, 0.25) is 5.95 Å². The van der Waals surface area contributed by atoms with Gasteiger partial charge in [0, 0.05) is 37.5 Å². The molecule has 3 aromatic heterocycles. The number of carboxylic acids is 1. The average molecular weight is 659 g/mol. The van der Waals surface area contributed by atoms with Crippen LogP contribution in [0, 0.1) is 0 Å². The number of anilines is 3. The third kappa shape index (κ3) is 5.85. The van der Waals surface area contributed by atoms with Crippen LogP contribution in [0.1, 0.15) is 20.1 Å². The molecule has 0 saturated carbocycles. The van der Waals surface area contributed by atoms with Crippen molar-refractivity contribution in [3.8, 4) is 0 Å². The molecule has 3 aromatic rings. The van der Waals surface area contributed by atoms with E-state index in [-0.39, 0.29) is 41.3 Å². The van der Waals surface area contributed by atoms with Gasteiger partial charge in [-0.25, -0.2) is 20.0 Å². The van der Waals surface area contributed by atoms with E-state index < -0.39 is 53.6 Å². The van der Waals surface area contributed by atoms with Gasteiger partial charge in [0.25, 0.3) is 11.5 Å². The number of hydrogen-bond acceptors (Lipinski definition) is 16. The highest BCUT2D eigenvalue weighted by Crippen LogP contribution is 2.34. The molecule has 0 spiro atoms. The lowest BCUT2D eigenvalue weighted by Gasteiger charge is -2.40. The number of rotatable bonds is 8. The molecule has 5 atom stereocenters. The molecule has 2 unspecified atom stereocenters. The van der Waals surface area contributed by atoms with Gasteiger partial charge < -0.3 is 36.8 Å². The first-order valence-electron chi connectivity index (χ1n) is 14.3. The fourth-order valence-electron chi connectivity index (χ4n) is 5.65. The summed E-state index contributed by atoms with van der Waals surface area (Å²) in [5.74, 6) is -1.06. The number of aromatic nitrogens is 5. The molecule has 3 aliphatic heterocycles. The Morgan fingerprint density at radius 2 is 2.00 bits per heavy atom. The van der Waals surface area contributed by atoms with Gasteiger partial charge in [0.1, 0.15) is 29.5 Å². The van der Waals surface area contributed by atoms with Crippen molar-refractivity contribution in [3.05, 3.63) is 28.9 Å². The van der Waals surface area contributed by atoms with E-state index >= 15 is 0 Å². The second kappa shape index (κ2) is 12.1. The van der Waals surface area contributed by atoms with Crippen molar-refractivity contribution >= 4 is 63.7 Å². The third-order valence-corrected chi connectivity index (χ3v) is 9.13. The van der Waals surface area contributed by atoms with E-state index in [0.29, 0.717) is 29.9 Å². The summed E-state index contributed by atoms with van der Waals surface area (Å²) in [5.41, 5.74) is 13.9. The lowest BCUT2D eigenvalue weighted by atomic mass is 9.95. The van der Waals surface area contributed by atoms with Crippen LogP contribution in [0.5, 0.6) is 0 Å². The second-order valence-corrected chi connectivity index (χ2v) is 12.7. The van der Waals surface area contributed by atoms with Gasteiger partial charge in [0.05, 0.1) is 23.7 Å². The predicted molar refractivity (Wildman–Crippen MR) is 167 cm³/mol. The Bertz CT molecular complexity index is 1760. The summed E-state index contributed by atoms with van der Waals surface area (Å²) in [6.07, 6.45) is -1.16. The fourth-order valence-corrected chi connectivity index (χ4v) is 6.80. The number of fused-ring (bicyclic) bond motifs is 2. The summed E-state index contributed by atoms with van der Waals surface area (Å²) < 4.78 is 7.52. The smallest absolute Gasteiger partial charge is 0.322 e. The van der Waals surface area contributed by atoms with Crippen molar-refractivity contribution in [1.29, 1.82) is 0 Å². The molecule has 0 aromatic carbocycles. The first-order chi connectivity index (χ1) is 21.8. The lowest BCUT2D eigenvalue weighted by molar-refractivity contribution is -0.147. The number of H-pyrrole nitrogens is 1. The van der Waals surface area contributed by atoms with Gasteiger partial charge in [-0.1, -0.05) is 0 Å². The minimum Gasteiger partial charge on any atom is -0.480 e. The summed E-state index contributed by atoms with van der Waals surface area (Å²) in [6.45, 7) is 3.97. The molecule has 6 heterocycles. The van der Waals surface area contributed by atoms with Crippen molar-refractivity contribution in [2.75, 3.05) is 48.0 Å². The van der Waals surface area contributed by atoms with Crippen LogP contribution in [0.3, 0.4) is 0 Å². The number of imidazole rings is 1. The molecule has 1 amide bonds. The van der Waals surface area contributed by atoms with Crippen molar-refractivity contribution in [2.45, 2.75) is 50.0 Å². The van der Waals surface area contributed by atoms with Crippen molar-refractivity contribution in [3.63, 3.8) is 0 Å². The summed E-state index contributed by atoms with van der Waals surface area (Å²) in [4.78, 5) is 58.8. The third-order valence-electron chi connectivity index (χ3n) is 8.05. The molecule has 0 aliphatic carbocycles. The highest BCUT2D eigenvalue weighted by Gasteiger charge is 2.45. The first-order valence-corrected chi connectivity index (χ1v) is 15.5. The molecule has 10 N–H and O–H groups in total. The fraction of sp³-hybridized carbons (Fsp3) is 0.500. The number of aliphatic carboxylic acids is 1. The number of nitrogens with zero attached hydrogens (tertiary/aromatic N) is 7. The van der Waals surface area contributed by atoms with Crippen molar-refractivity contribution in [2.24, 2.45) is 4.99 Å². The number of nitrogen functional groups attached to an aromatic ring is 2. The van der Waals surface area contributed by atoms with Gasteiger partial charge in [0.15, 0.2) is 23.4 Å². The number of carbonyl (C=O) groups excluding carboxylic acids is 1. The molecule has 246 valence electrons. The summed E-state index contributed by atoms with van der Waals surface area (Å²) in [7, 11) is 0. The molecule has 2 fully saturated rings. The SMILES string of the molecule is CC1(C)Nc2nc(N)[nH]c(=O)c2N=C1C(=O)NN1CCN(CSC[C@H]2O[C@@H](n3cnc4c(N)ccnc43)[C@@H](O)C2O)C(C(=O)O)C1. The van der Waals surface area contributed by atoms with E-state index in [4.69, 9.17) is 16.2 Å². The number of thioether (sulfide) groups is 1. The van der Waals surface area contributed by atoms with E-state index in [0.717, 1.165) is 0 Å². The zero-order valence-electron chi connectivity index (χ0n) is 24.8. The highest BCUT2D eigenvalue weighted by molar-refractivity contribution is 7.99. The Balaban J connectivity index is 1.06. The highest BCUT2D eigenvalue weighted by atomic mass is 32.2. The topological polar surface area (TPSA) is 275 Å². The molecule has 46 heavy (non-hydrogen) atoms. The molecule has 20 heteroatoms. The number of aliphatic imine (C=N–C) groups is 1. The Labute approximate surface area is 265 Å². The normalized spacial score (nSPS) is 26.3. The zero-order valence-corrected chi connectivity index (χ0v) is 25.6. The standard InChI is InChI=1S/C26H34N12O7S/c1-26(2)18(31-15-19(34-26)32-25(28)33-21(15)41)22(42)35-37-6-5-36(12(7-37)24(43)44)10-46-8-13-16(39)17(40)23(45-13)38-9-30-14-11(27)3-4-29-20(14)38/h3-4,9,12-13,16-17,23,39-40H,5-8,10H2,1-2H3,(H2,27,29)(H,35,42)(H,43,44)(H4,28,32,33,34,41)/t12?,13-,16?,17+,23-/m1/s1. The molecule has 3 aliphatic rings. The number of aliphatic hydroxyl groups is 2. The number of nitrogens with one attached hydrogen (secondary N) is 3. The van der Waals surface area contributed by atoms with Crippen LogP contribution in [0.15, 0.2) is 28.4 Å². The Morgan fingerprint density at radius 3 is 2.76 bits per heavy atom. The van der Waals surface area contributed by atoms with Crippen LogP contribution in [-0.2, 0) is 14.3 Å². The molecule has 19 nitrogen and oxygen atoms in total. The van der Waals surface area contributed by atoms with Gasteiger partial charge in [-0.3, -0.25) is 34.3 Å². The first kappa shape index (κ1) is 31.6. The lowest BCUT2D eigenvalue weighted by Crippen LogP contribution is -2.62. The monoisotopic (exact) mass is 658 g/mol. The van der Waals surface area contributed by atoms with Gasteiger partial charge in [-0.15, -0.1) is 11.8 Å². The number of hydrogen-bond donors (Lipinski definition) is 8. The van der Waals surface area contributed by atoms with E-state index in [1.807, 2.05) is 0 Å². The number of carbonyl (C=O) groups is 2. The average Bonchev–Trinajstić information content (AvgIpc) is 3.54. The van der Waals surface area contributed by atoms with Crippen LogP contribution in [0.2, 0.25) is 0 Å². The van der Waals surface area contributed by atoms with Gasteiger partial charge >= 0.3 is 5.97 Å². The van der Waals surface area contributed by atoms with E-state index in [1.165, 1.54) is 33.9 Å². The van der Waals surface area contributed by atoms with Crippen molar-refractivity contribution in [1.82, 2.24) is 39.8 Å². The van der Waals surface area contributed by atoms with Crippen LogP contribution in [-0.4, -0.2) is 128 Å². The molecule has 0 radical (unpaired) electrons. The number of amides is 1. The molecular weight excluding hydrogens is 624 g/mol. The number of nitrogens with two attached hydrogens (primary N) is 2. The van der Waals surface area contributed by atoms with Crippen LogP contribution in [0.25, 0.3) is 11.2 Å². The minimum absolute atomic E-state index is 0.0143. The Hall–Kier alpha value is -4.34. The quantitative estimate of drug-likeness (QED) is 0.131. The maximum Gasteiger partial charge on any atom is 0.322 e. The number of carboxylic acid groups (broad SMARTS) is 1. The zero-order chi connectivity index (χ0) is 32.9. The number of piperazine rings is 1. The Kier molecular flexibility index (Phi) is 8.33. The maximum atomic E-state index is 13.3. The van der Waals surface area contributed by atoms with Crippen LogP contribution in [0.4, 0.5) is 23.1 Å². The number of aromatic amines is 1. The molecule has 6 rings (SSSR count). The number of hydrazine groups is 1. The molecule has 0 bridgehead atoms. The minimum atomic E-state index is -1.25. The van der Waals surface area contributed by atoms with E-state index in [9.17, 15) is 29.7 Å². The summed E-state index contributed by atoms with van der Waals surface area (Å²) >= 11 is 1.35. The number of ether oxygens (including phenoxy) is 1. The number of aliphatic hydroxyl groups excluding tert-OH is 2. The largest absolute Gasteiger partial charge is 0.480 e. The molecule has 2 saturated heterocycles. The molecular formula is C26H34N12O7S.